The molecule has 0 saturated carbocycles. The number of rotatable bonds is 2. The summed E-state index contributed by atoms with van der Waals surface area (Å²) < 4.78 is 40.5. The van der Waals surface area contributed by atoms with Gasteiger partial charge in [0.25, 0.3) is 5.91 Å². The molecule has 0 bridgehead atoms. The molecule has 0 aliphatic rings. The summed E-state index contributed by atoms with van der Waals surface area (Å²) in [5.74, 6) is -0.747. The number of hydrogen-bond acceptors (Lipinski definition) is 3. The number of carbonyl (C=O) groups is 1. The molecule has 0 unspecified atom stereocenters. The Balaban J connectivity index is 2.23. The summed E-state index contributed by atoms with van der Waals surface area (Å²) in [5, 5.41) is 3.88. The number of nitrogens with zero attached hydrogens (tertiary/aromatic N) is 3. The summed E-state index contributed by atoms with van der Waals surface area (Å²) in [6.07, 6.45) is -1.85. The number of alkyl halides is 3. The molecule has 3 aromatic rings. The fourth-order valence-corrected chi connectivity index (χ4v) is 2.15. The summed E-state index contributed by atoms with van der Waals surface area (Å²) in [6.45, 7) is 0. The van der Waals surface area contributed by atoms with Crippen molar-refractivity contribution in [1.29, 1.82) is 0 Å². The maximum Gasteiger partial charge on any atom is 0.417 e. The zero-order valence-electron chi connectivity index (χ0n) is 11.0. The molecule has 2 aromatic heterocycles. The molecule has 0 spiro atoms. The van der Waals surface area contributed by atoms with Gasteiger partial charge in [0.05, 0.1) is 17.5 Å². The Hall–Kier alpha value is -2.90. The lowest BCUT2D eigenvalue weighted by molar-refractivity contribution is -0.137. The Morgan fingerprint density at radius 1 is 1.18 bits per heavy atom. The summed E-state index contributed by atoms with van der Waals surface area (Å²) in [4.78, 5) is 15.4. The van der Waals surface area contributed by atoms with Crippen molar-refractivity contribution in [1.82, 2.24) is 14.6 Å². The van der Waals surface area contributed by atoms with E-state index in [1.807, 2.05) is 0 Å². The van der Waals surface area contributed by atoms with Crippen LogP contribution in [0.4, 0.5) is 13.2 Å². The van der Waals surface area contributed by atoms with Crippen molar-refractivity contribution in [2.75, 3.05) is 0 Å². The van der Waals surface area contributed by atoms with Crippen LogP contribution in [0.15, 0.2) is 42.7 Å². The van der Waals surface area contributed by atoms with E-state index in [2.05, 4.69) is 10.1 Å². The first-order valence-corrected chi connectivity index (χ1v) is 6.18. The quantitative estimate of drug-likeness (QED) is 0.790. The van der Waals surface area contributed by atoms with Gasteiger partial charge >= 0.3 is 6.18 Å². The molecule has 0 radical (unpaired) electrons. The van der Waals surface area contributed by atoms with Crippen LogP contribution in [-0.4, -0.2) is 20.5 Å². The fourth-order valence-electron chi connectivity index (χ4n) is 2.15. The van der Waals surface area contributed by atoms with Crippen LogP contribution in [0.2, 0.25) is 0 Å². The van der Waals surface area contributed by atoms with Crippen LogP contribution in [0.25, 0.3) is 16.9 Å². The van der Waals surface area contributed by atoms with E-state index in [9.17, 15) is 18.0 Å². The van der Waals surface area contributed by atoms with Gasteiger partial charge in [-0.15, -0.1) is 0 Å². The Labute approximate surface area is 122 Å². The summed E-state index contributed by atoms with van der Waals surface area (Å²) in [6, 6.07) is 6.49. The highest BCUT2D eigenvalue weighted by Crippen LogP contribution is 2.36. The number of fused-ring (bicyclic) bond motifs is 1. The van der Waals surface area contributed by atoms with Gasteiger partial charge in [0.1, 0.15) is 5.56 Å². The van der Waals surface area contributed by atoms with Crippen LogP contribution >= 0.6 is 0 Å². The molecule has 1 amide bonds. The van der Waals surface area contributed by atoms with E-state index in [1.54, 1.807) is 0 Å². The number of aromatic nitrogens is 3. The number of amides is 1. The number of halogens is 3. The molecule has 2 heterocycles. The second-order valence-corrected chi connectivity index (χ2v) is 4.55. The second-order valence-electron chi connectivity index (χ2n) is 4.55. The lowest BCUT2D eigenvalue weighted by Gasteiger charge is -2.12. The molecule has 0 fully saturated rings. The zero-order valence-corrected chi connectivity index (χ0v) is 11.0. The van der Waals surface area contributed by atoms with E-state index in [4.69, 9.17) is 5.73 Å². The first kappa shape index (κ1) is 14.1. The highest BCUT2D eigenvalue weighted by atomic mass is 19.4. The Kier molecular flexibility index (Phi) is 3.09. The van der Waals surface area contributed by atoms with Crippen molar-refractivity contribution in [2.45, 2.75) is 6.18 Å². The normalized spacial score (nSPS) is 11.8. The predicted octanol–water partition coefficient (Wildman–Crippen LogP) is 2.51. The summed E-state index contributed by atoms with van der Waals surface area (Å²) in [5.41, 5.74) is 4.57. The SMILES string of the molecule is NC(=O)c1cnn2ccc(-c3ccccc3C(F)(F)F)nc12. The molecular formula is C14H9F3N4O. The van der Waals surface area contributed by atoms with Crippen LogP contribution in [-0.2, 0) is 6.18 Å². The van der Waals surface area contributed by atoms with Gasteiger partial charge in [0.15, 0.2) is 5.65 Å². The van der Waals surface area contributed by atoms with Gasteiger partial charge in [0.2, 0.25) is 0 Å². The van der Waals surface area contributed by atoms with E-state index < -0.39 is 17.6 Å². The van der Waals surface area contributed by atoms with Crippen LogP contribution in [0.3, 0.4) is 0 Å². The smallest absolute Gasteiger partial charge is 0.365 e. The number of nitrogens with two attached hydrogens (primary N) is 1. The fraction of sp³-hybridized carbons (Fsp3) is 0.0714. The number of hydrogen-bond donors (Lipinski definition) is 1. The third kappa shape index (κ3) is 2.28. The van der Waals surface area contributed by atoms with Crippen molar-refractivity contribution in [3.63, 3.8) is 0 Å². The highest BCUT2D eigenvalue weighted by Gasteiger charge is 2.33. The van der Waals surface area contributed by atoms with E-state index >= 15 is 0 Å². The second kappa shape index (κ2) is 4.83. The molecule has 0 atom stereocenters. The molecule has 0 aliphatic heterocycles. The molecule has 2 N–H and O–H groups in total. The van der Waals surface area contributed by atoms with E-state index in [0.29, 0.717) is 0 Å². The monoisotopic (exact) mass is 306 g/mol. The van der Waals surface area contributed by atoms with E-state index in [-0.39, 0.29) is 22.5 Å². The van der Waals surface area contributed by atoms with Crippen molar-refractivity contribution in [2.24, 2.45) is 5.73 Å². The minimum absolute atomic E-state index is 0.0475. The topological polar surface area (TPSA) is 73.3 Å². The number of benzene rings is 1. The standard InChI is InChI=1S/C14H9F3N4O/c15-14(16,17)10-4-2-1-3-8(10)11-5-6-21-13(20-11)9(7-19-21)12(18)22/h1-7H,(H2,18,22). The van der Waals surface area contributed by atoms with Crippen molar-refractivity contribution in [3.05, 3.63) is 53.9 Å². The Bertz CT molecular complexity index is 870. The molecule has 0 aliphatic carbocycles. The lowest BCUT2D eigenvalue weighted by Crippen LogP contribution is -2.11. The molecule has 3 rings (SSSR count). The number of carbonyl (C=O) groups excluding carboxylic acids is 1. The molecule has 22 heavy (non-hydrogen) atoms. The lowest BCUT2D eigenvalue weighted by atomic mass is 10.0. The average molecular weight is 306 g/mol. The van der Waals surface area contributed by atoms with Gasteiger partial charge in [0, 0.05) is 11.8 Å². The molecule has 112 valence electrons. The number of primary amides is 1. The minimum atomic E-state index is -4.50. The molecule has 1 aromatic carbocycles. The molecular weight excluding hydrogens is 297 g/mol. The third-order valence-corrected chi connectivity index (χ3v) is 3.14. The average Bonchev–Trinajstić information content (AvgIpc) is 2.89. The zero-order chi connectivity index (χ0) is 15.9. The third-order valence-electron chi connectivity index (χ3n) is 3.14. The predicted molar refractivity (Wildman–Crippen MR) is 71.9 cm³/mol. The van der Waals surface area contributed by atoms with Crippen molar-refractivity contribution >= 4 is 11.6 Å². The van der Waals surface area contributed by atoms with Crippen LogP contribution in [0, 0.1) is 0 Å². The van der Waals surface area contributed by atoms with Gasteiger partial charge in [-0.2, -0.15) is 18.3 Å². The Morgan fingerprint density at radius 2 is 1.91 bits per heavy atom. The van der Waals surface area contributed by atoms with Crippen LogP contribution in [0.5, 0.6) is 0 Å². The van der Waals surface area contributed by atoms with Gasteiger partial charge in [-0.05, 0) is 12.1 Å². The summed E-state index contributed by atoms with van der Waals surface area (Å²) >= 11 is 0. The van der Waals surface area contributed by atoms with Gasteiger partial charge in [-0.3, -0.25) is 4.79 Å². The van der Waals surface area contributed by atoms with E-state index in [0.717, 1.165) is 6.07 Å². The molecule has 5 nitrogen and oxygen atoms in total. The summed E-state index contributed by atoms with van der Waals surface area (Å²) in [7, 11) is 0. The Morgan fingerprint density at radius 3 is 2.59 bits per heavy atom. The first-order valence-electron chi connectivity index (χ1n) is 6.18. The highest BCUT2D eigenvalue weighted by molar-refractivity contribution is 5.98. The van der Waals surface area contributed by atoms with Crippen LogP contribution in [0.1, 0.15) is 15.9 Å². The maximum atomic E-state index is 13.1. The van der Waals surface area contributed by atoms with Crippen molar-refractivity contribution in [3.8, 4) is 11.3 Å². The van der Waals surface area contributed by atoms with Crippen molar-refractivity contribution < 1.29 is 18.0 Å². The van der Waals surface area contributed by atoms with E-state index in [1.165, 1.54) is 41.2 Å². The van der Waals surface area contributed by atoms with Gasteiger partial charge in [-0.1, -0.05) is 18.2 Å². The maximum absolute atomic E-state index is 13.1. The van der Waals surface area contributed by atoms with Gasteiger partial charge < -0.3 is 5.73 Å². The van der Waals surface area contributed by atoms with Crippen LogP contribution < -0.4 is 5.73 Å². The molecule has 0 saturated heterocycles. The molecule has 8 heteroatoms. The minimum Gasteiger partial charge on any atom is -0.365 e. The largest absolute Gasteiger partial charge is 0.417 e. The van der Waals surface area contributed by atoms with Gasteiger partial charge in [-0.25, -0.2) is 9.50 Å². The first-order chi connectivity index (χ1) is 10.4.